The summed E-state index contributed by atoms with van der Waals surface area (Å²) in [6.45, 7) is 4.12. The molecule has 0 spiro atoms. The Balaban J connectivity index is 1.96. The second kappa shape index (κ2) is 8.61. The molecule has 5 nitrogen and oxygen atoms in total. The van der Waals surface area contributed by atoms with Crippen LogP contribution in [0.25, 0.3) is 6.08 Å². The maximum atomic E-state index is 12.0. The van der Waals surface area contributed by atoms with Crippen LogP contribution in [0.5, 0.6) is 5.75 Å². The lowest BCUT2D eigenvalue weighted by molar-refractivity contribution is -0.127. The Morgan fingerprint density at radius 2 is 2.29 bits per heavy atom. The molecule has 2 rings (SSSR count). The van der Waals surface area contributed by atoms with Crippen LogP contribution >= 0.6 is 11.3 Å². The number of amides is 1. The fraction of sp³-hybridized carbons (Fsp3) is 0.333. The molecular weight excluding hydrogens is 324 g/mol. The highest BCUT2D eigenvalue weighted by Gasteiger charge is 2.11. The van der Waals surface area contributed by atoms with E-state index in [0.717, 1.165) is 22.0 Å². The summed E-state index contributed by atoms with van der Waals surface area (Å²) >= 11 is 1.60. The number of hydrogen-bond acceptors (Lipinski definition) is 5. The van der Waals surface area contributed by atoms with E-state index in [9.17, 15) is 4.79 Å². The molecule has 0 fully saturated rings. The minimum Gasteiger partial charge on any atom is -0.487 e. The number of carbonyl (C=O) groups excluding carboxylic acids is 1. The number of nitrogens with zero attached hydrogens (tertiary/aromatic N) is 2. The van der Waals surface area contributed by atoms with Crippen LogP contribution in [0.1, 0.15) is 23.2 Å². The summed E-state index contributed by atoms with van der Waals surface area (Å²) in [6, 6.07) is 7.32. The van der Waals surface area contributed by atoms with Crippen LogP contribution in [0, 0.1) is 6.92 Å². The van der Waals surface area contributed by atoms with Gasteiger partial charge in [-0.15, -0.1) is 11.3 Å². The number of aromatic nitrogens is 1. The Morgan fingerprint density at radius 1 is 1.50 bits per heavy atom. The Hall–Kier alpha value is -2.18. The van der Waals surface area contributed by atoms with Crippen LogP contribution in [0.15, 0.2) is 35.7 Å². The summed E-state index contributed by atoms with van der Waals surface area (Å²) in [5.41, 5.74) is 1.79. The molecule has 1 N–H and O–H groups in total. The summed E-state index contributed by atoms with van der Waals surface area (Å²) in [7, 11) is 1.67. The van der Waals surface area contributed by atoms with E-state index in [1.54, 1.807) is 31.4 Å². The van der Waals surface area contributed by atoms with Gasteiger partial charge in [-0.3, -0.25) is 4.79 Å². The Morgan fingerprint density at radius 3 is 2.96 bits per heavy atom. The minimum absolute atomic E-state index is 0.0600. The molecule has 0 aliphatic heterocycles. The van der Waals surface area contributed by atoms with Crippen molar-refractivity contribution in [2.75, 3.05) is 13.7 Å². The van der Waals surface area contributed by atoms with Crippen LogP contribution in [0.4, 0.5) is 0 Å². The topological polar surface area (TPSA) is 62.7 Å². The monoisotopic (exact) mass is 346 g/mol. The zero-order chi connectivity index (χ0) is 17.5. The number of aliphatic hydroxyl groups excluding tert-OH is 1. The highest BCUT2D eigenvalue weighted by Crippen LogP contribution is 2.17. The van der Waals surface area contributed by atoms with Gasteiger partial charge in [0.25, 0.3) is 0 Å². The van der Waals surface area contributed by atoms with E-state index in [4.69, 9.17) is 9.84 Å². The first-order chi connectivity index (χ1) is 11.5. The lowest BCUT2D eigenvalue weighted by Crippen LogP contribution is -2.36. The van der Waals surface area contributed by atoms with Gasteiger partial charge < -0.3 is 14.7 Å². The molecule has 0 bridgehead atoms. The number of ether oxygens (including phenoxy) is 1. The molecule has 24 heavy (non-hydrogen) atoms. The number of aliphatic hydroxyl groups is 1. The molecule has 1 heterocycles. The molecule has 0 aliphatic rings. The maximum Gasteiger partial charge on any atom is 0.246 e. The normalized spacial score (nSPS) is 12.3. The van der Waals surface area contributed by atoms with Crippen LogP contribution in [-0.2, 0) is 11.4 Å². The van der Waals surface area contributed by atoms with Crippen molar-refractivity contribution in [2.45, 2.75) is 26.5 Å². The van der Waals surface area contributed by atoms with Crippen molar-refractivity contribution in [2.24, 2.45) is 0 Å². The first-order valence-electron chi connectivity index (χ1n) is 7.69. The summed E-state index contributed by atoms with van der Waals surface area (Å²) in [6.07, 6.45) is 3.23. The average molecular weight is 346 g/mol. The number of benzene rings is 1. The molecule has 0 aliphatic carbocycles. The minimum atomic E-state index is -0.210. The highest BCUT2D eigenvalue weighted by molar-refractivity contribution is 7.09. The molecule has 128 valence electrons. The predicted octanol–water partition coefficient (Wildman–Crippen LogP) is 2.88. The molecule has 1 aromatic carbocycles. The Kier molecular flexibility index (Phi) is 6.52. The summed E-state index contributed by atoms with van der Waals surface area (Å²) in [5.74, 6) is 0.577. The third kappa shape index (κ3) is 5.18. The fourth-order valence-corrected chi connectivity index (χ4v) is 2.56. The quantitative estimate of drug-likeness (QED) is 0.783. The zero-order valence-electron chi connectivity index (χ0n) is 14.1. The second-order valence-corrected chi connectivity index (χ2v) is 6.60. The predicted molar refractivity (Wildman–Crippen MR) is 96.0 cm³/mol. The molecule has 1 amide bonds. The number of thiazole rings is 1. The Labute approximate surface area is 146 Å². The number of rotatable bonds is 7. The van der Waals surface area contributed by atoms with Gasteiger partial charge >= 0.3 is 0 Å². The van der Waals surface area contributed by atoms with E-state index >= 15 is 0 Å². The van der Waals surface area contributed by atoms with Crippen molar-refractivity contribution in [3.8, 4) is 5.75 Å². The SMILES string of the molecule is Cc1nc(COc2cccc(/C=C/C(=O)N(C)C(C)CO)c2)cs1. The number of likely N-dealkylation sites (N-methyl/N-ethyl adjacent to an activating group) is 1. The molecule has 1 unspecified atom stereocenters. The fourth-order valence-electron chi connectivity index (χ4n) is 1.96. The van der Waals surface area contributed by atoms with Gasteiger partial charge in [-0.2, -0.15) is 0 Å². The lowest BCUT2D eigenvalue weighted by Gasteiger charge is -2.21. The lowest BCUT2D eigenvalue weighted by atomic mass is 10.2. The van der Waals surface area contributed by atoms with Crippen LogP contribution < -0.4 is 4.74 Å². The Bertz CT molecular complexity index is 712. The van der Waals surface area contributed by atoms with Gasteiger partial charge in [0.15, 0.2) is 0 Å². The van der Waals surface area contributed by atoms with Crippen molar-refractivity contribution in [1.82, 2.24) is 9.88 Å². The molecule has 1 aromatic heterocycles. The number of carbonyl (C=O) groups is 1. The van der Waals surface area contributed by atoms with Gasteiger partial charge in [-0.05, 0) is 37.6 Å². The molecular formula is C18H22N2O3S. The van der Waals surface area contributed by atoms with Gasteiger partial charge in [-0.1, -0.05) is 12.1 Å². The summed E-state index contributed by atoms with van der Waals surface area (Å²) in [5, 5.41) is 12.1. The van der Waals surface area contributed by atoms with Crippen LogP contribution in [0.2, 0.25) is 0 Å². The van der Waals surface area contributed by atoms with Gasteiger partial charge in [-0.25, -0.2) is 4.98 Å². The van der Waals surface area contributed by atoms with Crippen molar-refractivity contribution in [1.29, 1.82) is 0 Å². The molecule has 0 saturated heterocycles. The average Bonchev–Trinajstić information content (AvgIpc) is 3.02. The van der Waals surface area contributed by atoms with Gasteiger partial charge in [0.2, 0.25) is 5.91 Å². The van der Waals surface area contributed by atoms with Crippen molar-refractivity contribution < 1.29 is 14.6 Å². The van der Waals surface area contributed by atoms with E-state index in [1.165, 1.54) is 11.0 Å². The van der Waals surface area contributed by atoms with Crippen LogP contribution in [0.3, 0.4) is 0 Å². The van der Waals surface area contributed by atoms with E-state index in [2.05, 4.69) is 4.98 Å². The van der Waals surface area contributed by atoms with Gasteiger partial charge in [0, 0.05) is 18.5 Å². The maximum absolute atomic E-state index is 12.0. The third-order valence-electron chi connectivity index (χ3n) is 3.60. The van der Waals surface area contributed by atoms with E-state index in [-0.39, 0.29) is 18.6 Å². The van der Waals surface area contributed by atoms with Gasteiger partial charge in [0.1, 0.15) is 12.4 Å². The van der Waals surface area contributed by atoms with E-state index in [0.29, 0.717) is 6.61 Å². The standard InChI is InChI=1S/C18H22N2O3S/c1-13(10-21)20(3)18(22)8-7-15-5-4-6-17(9-15)23-11-16-12-24-14(2)19-16/h4-9,12-13,21H,10-11H2,1-3H3/b8-7+. The number of aryl methyl sites for hydroxylation is 1. The largest absolute Gasteiger partial charge is 0.487 e. The summed E-state index contributed by atoms with van der Waals surface area (Å²) in [4.78, 5) is 17.9. The zero-order valence-corrected chi connectivity index (χ0v) is 14.9. The smallest absolute Gasteiger partial charge is 0.246 e. The first kappa shape index (κ1) is 18.2. The third-order valence-corrected chi connectivity index (χ3v) is 4.43. The molecule has 2 aromatic rings. The molecule has 1 atom stereocenters. The van der Waals surface area contributed by atoms with E-state index in [1.807, 2.05) is 36.6 Å². The molecule has 6 heteroatoms. The number of hydrogen-bond donors (Lipinski definition) is 1. The first-order valence-corrected chi connectivity index (χ1v) is 8.57. The molecule has 0 saturated carbocycles. The summed E-state index contributed by atoms with van der Waals surface area (Å²) < 4.78 is 5.74. The molecule has 0 radical (unpaired) electrons. The van der Waals surface area contributed by atoms with E-state index < -0.39 is 0 Å². The highest BCUT2D eigenvalue weighted by atomic mass is 32.1. The van der Waals surface area contributed by atoms with Crippen molar-refractivity contribution in [3.05, 3.63) is 52.0 Å². The second-order valence-electron chi connectivity index (χ2n) is 5.53. The van der Waals surface area contributed by atoms with Gasteiger partial charge in [0.05, 0.1) is 23.4 Å². The van der Waals surface area contributed by atoms with Crippen LogP contribution in [-0.4, -0.2) is 40.6 Å². The van der Waals surface area contributed by atoms with Crippen molar-refractivity contribution >= 4 is 23.3 Å². The van der Waals surface area contributed by atoms with Crippen molar-refractivity contribution in [3.63, 3.8) is 0 Å².